The molecule has 1 heterocycles. The molecule has 0 radical (unpaired) electrons. The summed E-state index contributed by atoms with van der Waals surface area (Å²) in [5, 5.41) is 9.22. The van der Waals surface area contributed by atoms with E-state index in [1.165, 1.54) is 0 Å². The average molecular weight is 385 g/mol. The van der Waals surface area contributed by atoms with E-state index in [9.17, 15) is 5.11 Å². The second-order valence-electron chi connectivity index (χ2n) is 7.61. The molecule has 0 amide bonds. The van der Waals surface area contributed by atoms with Gasteiger partial charge >= 0.3 is 0 Å². The third kappa shape index (κ3) is 8.91. The maximum absolute atomic E-state index is 9.22. The SMILES string of the molecule is C[C@@H](O)CCCCCC#CC#C[C@@H]1OC(C)(C)O[C@H]1COCc1ccccc1. The smallest absolute Gasteiger partial charge is 0.165 e. The Morgan fingerprint density at radius 3 is 2.64 bits per heavy atom. The zero-order valence-electron chi connectivity index (χ0n) is 17.2. The third-order valence-electron chi connectivity index (χ3n) is 4.37. The summed E-state index contributed by atoms with van der Waals surface area (Å²) >= 11 is 0. The highest BCUT2D eigenvalue weighted by Crippen LogP contribution is 2.28. The highest BCUT2D eigenvalue weighted by atomic mass is 16.8. The summed E-state index contributed by atoms with van der Waals surface area (Å²) in [6.45, 7) is 6.56. The Hall–Kier alpha value is -1.82. The predicted molar refractivity (Wildman–Crippen MR) is 110 cm³/mol. The van der Waals surface area contributed by atoms with Crippen molar-refractivity contribution < 1.29 is 19.3 Å². The summed E-state index contributed by atoms with van der Waals surface area (Å²) in [5.41, 5.74) is 1.13. The van der Waals surface area contributed by atoms with Crippen molar-refractivity contribution >= 4 is 0 Å². The van der Waals surface area contributed by atoms with Crippen LogP contribution in [-0.4, -0.2) is 35.8 Å². The summed E-state index contributed by atoms with van der Waals surface area (Å²) in [4.78, 5) is 0. The van der Waals surface area contributed by atoms with Crippen molar-refractivity contribution in [2.24, 2.45) is 0 Å². The van der Waals surface area contributed by atoms with Crippen LogP contribution in [0.25, 0.3) is 0 Å². The van der Waals surface area contributed by atoms with Gasteiger partial charge in [0.2, 0.25) is 0 Å². The maximum atomic E-state index is 9.22. The summed E-state index contributed by atoms with van der Waals surface area (Å²) in [5.74, 6) is 11.3. The van der Waals surface area contributed by atoms with Crippen LogP contribution < -0.4 is 0 Å². The van der Waals surface area contributed by atoms with Crippen molar-refractivity contribution in [3.8, 4) is 23.7 Å². The molecule has 1 N–H and O–H groups in total. The molecule has 1 saturated heterocycles. The standard InChI is InChI=1S/C24H32O4/c1-20(25)14-10-7-5-4-6-8-13-17-22-23(28-24(2,3)27-22)19-26-18-21-15-11-9-12-16-21/h9,11-12,15-16,20,22-23,25H,4-5,7,10,14,18-19H2,1-3H3/t20-,22+,23+/m1/s1. The minimum absolute atomic E-state index is 0.209. The molecule has 152 valence electrons. The fourth-order valence-electron chi connectivity index (χ4n) is 2.99. The molecule has 0 aliphatic carbocycles. The Morgan fingerprint density at radius 2 is 1.89 bits per heavy atom. The molecule has 1 aromatic carbocycles. The zero-order valence-corrected chi connectivity index (χ0v) is 17.2. The number of hydrogen-bond donors (Lipinski definition) is 1. The van der Waals surface area contributed by atoms with Crippen molar-refractivity contribution in [1.82, 2.24) is 0 Å². The first-order valence-electron chi connectivity index (χ1n) is 10.1. The molecule has 1 aliphatic rings. The number of hydrogen-bond acceptors (Lipinski definition) is 4. The minimum Gasteiger partial charge on any atom is -0.393 e. The van der Waals surface area contributed by atoms with Gasteiger partial charge in [-0.25, -0.2) is 0 Å². The van der Waals surface area contributed by atoms with Crippen LogP contribution in [-0.2, 0) is 20.8 Å². The monoisotopic (exact) mass is 384 g/mol. The molecule has 0 spiro atoms. The average Bonchev–Trinajstić information content (AvgIpc) is 2.94. The summed E-state index contributed by atoms with van der Waals surface area (Å²) < 4.78 is 17.6. The molecule has 1 aliphatic heterocycles. The van der Waals surface area contributed by atoms with E-state index < -0.39 is 5.79 Å². The number of aliphatic hydroxyl groups is 1. The van der Waals surface area contributed by atoms with Crippen molar-refractivity contribution in [3.63, 3.8) is 0 Å². The van der Waals surface area contributed by atoms with Gasteiger partial charge in [-0.15, -0.1) is 0 Å². The number of benzene rings is 1. The van der Waals surface area contributed by atoms with Gasteiger partial charge < -0.3 is 19.3 Å². The summed E-state index contributed by atoms with van der Waals surface area (Å²) in [6, 6.07) is 10.1. The number of unbranched alkanes of at least 4 members (excludes halogenated alkanes) is 3. The molecule has 0 unspecified atom stereocenters. The van der Waals surface area contributed by atoms with Crippen LogP contribution in [0.5, 0.6) is 0 Å². The highest BCUT2D eigenvalue weighted by Gasteiger charge is 2.40. The summed E-state index contributed by atoms with van der Waals surface area (Å²) in [7, 11) is 0. The normalized spacial score (nSPS) is 21.3. The molecule has 3 atom stereocenters. The van der Waals surface area contributed by atoms with Gasteiger partial charge in [-0.05, 0) is 51.0 Å². The molecule has 1 aromatic rings. The van der Waals surface area contributed by atoms with E-state index in [0.29, 0.717) is 13.2 Å². The van der Waals surface area contributed by atoms with E-state index in [4.69, 9.17) is 14.2 Å². The second kappa shape index (κ2) is 11.9. The fraction of sp³-hybridized carbons (Fsp3) is 0.583. The lowest BCUT2D eigenvalue weighted by atomic mass is 10.1. The van der Waals surface area contributed by atoms with Gasteiger partial charge in [0.15, 0.2) is 11.9 Å². The van der Waals surface area contributed by atoms with Gasteiger partial charge in [0.25, 0.3) is 0 Å². The molecule has 1 fully saturated rings. The lowest BCUT2D eigenvalue weighted by Crippen LogP contribution is -2.26. The lowest BCUT2D eigenvalue weighted by molar-refractivity contribution is -0.148. The van der Waals surface area contributed by atoms with Gasteiger partial charge in [-0.3, -0.25) is 0 Å². The molecule has 0 bridgehead atoms. The Labute approximate surface area is 169 Å². The van der Waals surface area contributed by atoms with Crippen LogP contribution in [0.4, 0.5) is 0 Å². The largest absolute Gasteiger partial charge is 0.393 e. The molecule has 2 rings (SSSR count). The second-order valence-corrected chi connectivity index (χ2v) is 7.61. The maximum Gasteiger partial charge on any atom is 0.165 e. The fourth-order valence-corrected chi connectivity index (χ4v) is 2.99. The van der Waals surface area contributed by atoms with Gasteiger partial charge in [0, 0.05) is 6.42 Å². The van der Waals surface area contributed by atoms with Crippen molar-refractivity contribution in [2.75, 3.05) is 6.61 Å². The predicted octanol–water partition coefficient (Wildman–Crippen LogP) is 4.06. The third-order valence-corrected chi connectivity index (χ3v) is 4.37. The first-order valence-corrected chi connectivity index (χ1v) is 10.1. The van der Waals surface area contributed by atoms with Crippen LogP contribution in [0.15, 0.2) is 30.3 Å². The summed E-state index contributed by atoms with van der Waals surface area (Å²) in [6.07, 6.45) is 4.06. The van der Waals surface area contributed by atoms with Gasteiger partial charge in [-0.2, -0.15) is 0 Å². The topological polar surface area (TPSA) is 47.9 Å². The van der Waals surface area contributed by atoms with Gasteiger partial charge in [0.1, 0.15) is 6.10 Å². The van der Waals surface area contributed by atoms with Crippen LogP contribution in [0.1, 0.15) is 58.4 Å². The van der Waals surface area contributed by atoms with Crippen molar-refractivity contribution in [2.45, 2.75) is 83.6 Å². The van der Waals surface area contributed by atoms with E-state index in [0.717, 1.165) is 37.7 Å². The molecule has 28 heavy (non-hydrogen) atoms. The van der Waals surface area contributed by atoms with Crippen LogP contribution in [0, 0.1) is 23.7 Å². The Kier molecular flexibility index (Phi) is 9.55. The lowest BCUT2D eigenvalue weighted by Gasteiger charge is -2.16. The quantitative estimate of drug-likeness (QED) is 0.515. The minimum atomic E-state index is -0.669. The van der Waals surface area contributed by atoms with Crippen LogP contribution in [0.2, 0.25) is 0 Å². The number of aliphatic hydroxyl groups excluding tert-OH is 1. The van der Waals surface area contributed by atoms with E-state index in [1.54, 1.807) is 0 Å². The molecule has 4 nitrogen and oxygen atoms in total. The van der Waals surface area contributed by atoms with E-state index in [1.807, 2.05) is 51.1 Å². The number of rotatable bonds is 9. The van der Waals surface area contributed by atoms with E-state index in [2.05, 4.69) is 23.7 Å². The molecule has 4 heteroatoms. The molecule has 0 aromatic heterocycles. The Bertz CT molecular complexity index is 688. The molecule has 0 saturated carbocycles. The Morgan fingerprint density at radius 1 is 1.11 bits per heavy atom. The van der Waals surface area contributed by atoms with Crippen molar-refractivity contribution in [3.05, 3.63) is 35.9 Å². The highest BCUT2D eigenvalue weighted by molar-refractivity contribution is 5.28. The van der Waals surface area contributed by atoms with Crippen LogP contribution >= 0.6 is 0 Å². The van der Waals surface area contributed by atoms with Crippen LogP contribution in [0.3, 0.4) is 0 Å². The zero-order chi connectivity index (χ0) is 20.2. The first kappa shape index (κ1) is 22.5. The van der Waals surface area contributed by atoms with Gasteiger partial charge in [-0.1, -0.05) is 55.0 Å². The van der Waals surface area contributed by atoms with Gasteiger partial charge in [0.05, 0.1) is 19.3 Å². The number of ether oxygens (including phenoxy) is 3. The molecular formula is C24H32O4. The van der Waals surface area contributed by atoms with E-state index in [-0.39, 0.29) is 18.3 Å². The van der Waals surface area contributed by atoms with E-state index >= 15 is 0 Å². The van der Waals surface area contributed by atoms with Crippen molar-refractivity contribution in [1.29, 1.82) is 0 Å². The first-order chi connectivity index (χ1) is 13.5. The molecular weight excluding hydrogens is 352 g/mol. The Balaban J connectivity index is 1.74.